The molecule has 130 valence electrons. The fourth-order valence-corrected chi connectivity index (χ4v) is 2.69. The Morgan fingerprint density at radius 2 is 2.00 bits per heavy atom. The van der Waals surface area contributed by atoms with Crippen LogP contribution in [0.5, 0.6) is 0 Å². The molecule has 3 rings (SSSR count). The molecule has 0 fully saturated rings. The van der Waals surface area contributed by atoms with Gasteiger partial charge in [-0.05, 0) is 41.7 Å². The van der Waals surface area contributed by atoms with Gasteiger partial charge in [0.25, 0.3) is 0 Å². The number of urea groups is 1. The van der Waals surface area contributed by atoms with Gasteiger partial charge in [0, 0.05) is 18.1 Å². The molecule has 2 amide bonds. The van der Waals surface area contributed by atoms with Crippen LogP contribution in [-0.2, 0) is 0 Å². The number of nitrogens with zero attached hydrogens (tertiary/aromatic N) is 3. The van der Waals surface area contributed by atoms with Gasteiger partial charge in [-0.2, -0.15) is 15.4 Å². The van der Waals surface area contributed by atoms with Crippen LogP contribution >= 0.6 is 0 Å². The minimum absolute atomic E-state index is 0.0629. The zero-order valence-electron chi connectivity index (χ0n) is 14.6. The molecule has 7 heteroatoms. The third-order valence-corrected chi connectivity index (χ3v) is 3.78. The zero-order valence-corrected chi connectivity index (χ0v) is 14.6. The lowest BCUT2D eigenvalue weighted by atomic mass is 9.86. The predicted octanol–water partition coefficient (Wildman–Crippen LogP) is 3.65. The van der Waals surface area contributed by atoms with Crippen molar-refractivity contribution >= 4 is 22.8 Å². The van der Waals surface area contributed by atoms with E-state index in [0.717, 1.165) is 17.5 Å². The van der Waals surface area contributed by atoms with Crippen molar-refractivity contribution in [2.24, 2.45) is 5.41 Å². The fourth-order valence-electron chi connectivity index (χ4n) is 2.69. The van der Waals surface area contributed by atoms with Crippen molar-refractivity contribution in [3.63, 3.8) is 0 Å². The SMILES string of the molecule is CC(C)(C)C[C@@H](NC(=O)Nc1ccc2n[nH]nc2c1)c1cccnc1. The van der Waals surface area contributed by atoms with Gasteiger partial charge in [0.05, 0.1) is 6.04 Å². The van der Waals surface area contributed by atoms with Crippen LogP contribution in [0, 0.1) is 5.41 Å². The molecule has 2 heterocycles. The van der Waals surface area contributed by atoms with E-state index in [2.05, 4.69) is 51.8 Å². The van der Waals surface area contributed by atoms with Crippen LogP contribution in [0.2, 0.25) is 0 Å². The molecule has 0 radical (unpaired) electrons. The number of carbonyl (C=O) groups excluding carboxylic acids is 1. The Labute approximate surface area is 146 Å². The lowest BCUT2D eigenvalue weighted by Crippen LogP contribution is -2.34. The first-order chi connectivity index (χ1) is 11.9. The third kappa shape index (κ3) is 4.53. The van der Waals surface area contributed by atoms with E-state index in [0.29, 0.717) is 11.2 Å². The molecule has 0 aliphatic carbocycles. The Balaban J connectivity index is 1.73. The van der Waals surface area contributed by atoms with Gasteiger partial charge < -0.3 is 10.6 Å². The van der Waals surface area contributed by atoms with Gasteiger partial charge in [-0.1, -0.05) is 26.8 Å². The minimum atomic E-state index is -0.263. The van der Waals surface area contributed by atoms with E-state index in [4.69, 9.17) is 0 Å². The summed E-state index contributed by atoms with van der Waals surface area (Å²) in [6.45, 7) is 6.44. The number of anilines is 1. The molecular weight excluding hydrogens is 316 g/mol. The highest BCUT2D eigenvalue weighted by Gasteiger charge is 2.22. The van der Waals surface area contributed by atoms with E-state index >= 15 is 0 Å². The van der Waals surface area contributed by atoms with Crippen LogP contribution in [0.4, 0.5) is 10.5 Å². The van der Waals surface area contributed by atoms with E-state index < -0.39 is 0 Å². The van der Waals surface area contributed by atoms with E-state index in [1.807, 2.05) is 18.2 Å². The van der Waals surface area contributed by atoms with Crippen molar-refractivity contribution in [2.75, 3.05) is 5.32 Å². The number of H-pyrrole nitrogens is 1. The topological polar surface area (TPSA) is 95.6 Å². The van der Waals surface area contributed by atoms with Crippen LogP contribution < -0.4 is 10.6 Å². The van der Waals surface area contributed by atoms with Crippen molar-refractivity contribution in [1.29, 1.82) is 0 Å². The average Bonchev–Trinajstić information content (AvgIpc) is 3.01. The van der Waals surface area contributed by atoms with Crippen LogP contribution in [0.1, 0.15) is 38.8 Å². The number of fused-ring (bicyclic) bond motifs is 1. The van der Waals surface area contributed by atoms with E-state index in [1.54, 1.807) is 24.5 Å². The number of pyridine rings is 1. The molecule has 0 saturated heterocycles. The summed E-state index contributed by atoms with van der Waals surface area (Å²) in [6.07, 6.45) is 4.32. The van der Waals surface area contributed by atoms with Gasteiger partial charge in [-0.15, -0.1) is 0 Å². The first-order valence-electron chi connectivity index (χ1n) is 8.19. The monoisotopic (exact) mass is 338 g/mol. The van der Waals surface area contributed by atoms with E-state index in [1.165, 1.54) is 0 Å². The lowest BCUT2D eigenvalue weighted by Gasteiger charge is -2.27. The first-order valence-corrected chi connectivity index (χ1v) is 8.19. The third-order valence-electron chi connectivity index (χ3n) is 3.78. The van der Waals surface area contributed by atoms with Crippen molar-refractivity contribution in [1.82, 2.24) is 25.7 Å². The summed E-state index contributed by atoms with van der Waals surface area (Å²) in [5, 5.41) is 16.5. The van der Waals surface area contributed by atoms with Gasteiger partial charge in [0.2, 0.25) is 0 Å². The number of nitrogens with one attached hydrogen (secondary N) is 3. The standard InChI is InChI=1S/C18H22N6O/c1-18(2,3)10-16(12-5-4-8-19-11-12)21-17(25)20-13-6-7-14-15(9-13)23-24-22-14/h4-9,11,16H,10H2,1-3H3,(H2,20,21,25)(H,22,23,24)/t16-/m1/s1. The number of rotatable bonds is 4. The number of carbonyl (C=O) groups is 1. The second-order valence-electron chi connectivity index (χ2n) is 7.23. The zero-order chi connectivity index (χ0) is 17.9. The second-order valence-corrected chi connectivity index (χ2v) is 7.23. The number of aromatic amines is 1. The highest BCUT2D eigenvalue weighted by Crippen LogP contribution is 2.29. The summed E-state index contributed by atoms with van der Waals surface area (Å²) >= 11 is 0. The van der Waals surface area contributed by atoms with Crippen LogP contribution in [0.3, 0.4) is 0 Å². The van der Waals surface area contributed by atoms with Gasteiger partial charge >= 0.3 is 6.03 Å². The molecule has 0 aliphatic heterocycles. The molecule has 3 N–H and O–H groups in total. The minimum Gasteiger partial charge on any atom is -0.331 e. The summed E-state index contributed by atoms with van der Waals surface area (Å²) in [5.41, 5.74) is 3.18. The molecule has 0 saturated carbocycles. The molecule has 1 atom stereocenters. The number of benzene rings is 1. The maximum Gasteiger partial charge on any atom is 0.319 e. The summed E-state index contributed by atoms with van der Waals surface area (Å²) in [5.74, 6) is 0. The molecule has 2 aromatic heterocycles. The summed E-state index contributed by atoms with van der Waals surface area (Å²) < 4.78 is 0. The molecule has 0 aliphatic rings. The predicted molar refractivity (Wildman–Crippen MR) is 97.1 cm³/mol. The quantitative estimate of drug-likeness (QED) is 0.676. The smallest absolute Gasteiger partial charge is 0.319 e. The molecular formula is C18H22N6O. The molecule has 0 bridgehead atoms. The number of hydrogen-bond donors (Lipinski definition) is 3. The van der Waals surface area contributed by atoms with Crippen LogP contribution in [0.25, 0.3) is 11.0 Å². The van der Waals surface area contributed by atoms with Crippen LogP contribution in [0.15, 0.2) is 42.7 Å². The van der Waals surface area contributed by atoms with E-state index in [9.17, 15) is 4.79 Å². The second kappa shape index (κ2) is 6.88. The normalized spacial score (nSPS) is 12.8. The number of amides is 2. The Kier molecular flexibility index (Phi) is 4.65. The van der Waals surface area contributed by atoms with Crippen molar-refractivity contribution in [2.45, 2.75) is 33.2 Å². The highest BCUT2D eigenvalue weighted by molar-refractivity contribution is 5.91. The molecule has 0 spiro atoms. The summed E-state index contributed by atoms with van der Waals surface area (Å²) in [4.78, 5) is 16.6. The number of hydrogen-bond acceptors (Lipinski definition) is 4. The molecule has 1 aromatic carbocycles. The van der Waals surface area contributed by atoms with Crippen molar-refractivity contribution in [3.8, 4) is 0 Å². The largest absolute Gasteiger partial charge is 0.331 e. The molecule has 3 aromatic rings. The average molecular weight is 338 g/mol. The molecule has 25 heavy (non-hydrogen) atoms. The Bertz CT molecular complexity index is 853. The Morgan fingerprint density at radius 1 is 1.20 bits per heavy atom. The number of aromatic nitrogens is 4. The van der Waals surface area contributed by atoms with E-state index in [-0.39, 0.29) is 17.5 Å². The van der Waals surface area contributed by atoms with Crippen molar-refractivity contribution in [3.05, 3.63) is 48.3 Å². The van der Waals surface area contributed by atoms with Gasteiger partial charge in [0.15, 0.2) is 0 Å². The molecule has 7 nitrogen and oxygen atoms in total. The van der Waals surface area contributed by atoms with Gasteiger partial charge in [-0.25, -0.2) is 4.79 Å². The highest BCUT2D eigenvalue weighted by atomic mass is 16.2. The van der Waals surface area contributed by atoms with Crippen molar-refractivity contribution < 1.29 is 4.79 Å². The fraction of sp³-hybridized carbons (Fsp3) is 0.333. The van der Waals surface area contributed by atoms with Gasteiger partial charge in [0.1, 0.15) is 11.0 Å². The first kappa shape index (κ1) is 16.9. The lowest BCUT2D eigenvalue weighted by molar-refractivity contribution is 0.241. The Morgan fingerprint density at radius 3 is 2.72 bits per heavy atom. The summed E-state index contributed by atoms with van der Waals surface area (Å²) in [7, 11) is 0. The summed E-state index contributed by atoms with van der Waals surface area (Å²) in [6, 6.07) is 8.86. The molecule has 0 unspecified atom stereocenters. The maximum atomic E-state index is 12.5. The van der Waals surface area contributed by atoms with Crippen LogP contribution in [-0.4, -0.2) is 26.4 Å². The Hall–Kier alpha value is -2.96. The maximum absolute atomic E-state index is 12.5. The van der Waals surface area contributed by atoms with Gasteiger partial charge in [-0.3, -0.25) is 4.98 Å².